The molecule has 0 unspecified atom stereocenters. The monoisotopic (exact) mass is 327 g/mol. The Morgan fingerprint density at radius 2 is 2.13 bits per heavy atom. The van der Waals surface area contributed by atoms with E-state index in [1.54, 1.807) is 22.3 Å². The van der Waals surface area contributed by atoms with Gasteiger partial charge in [0.05, 0.1) is 5.69 Å². The molecular formula is C16H13N3O3S. The second-order valence-electron chi connectivity index (χ2n) is 5.05. The van der Waals surface area contributed by atoms with E-state index in [4.69, 9.17) is 5.11 Å². The van der Waals surface area contributed by atoms with Crippen molar-refractivity contribution in [3.63, 3.8) is 0 Å². The zero-order valence-corrected chi connectivity index (χ0v) is 13.3. The van der Waals surface area contributed by atoms with E-state index < -0.39 is 5.97 Å². The second-order valence-corrected chi connectivity index (χ2v) is 5.96. The molecule has 0 bridgehead atoms. The maximum atomic E-state index is 12.1. The Morgan fingerprint density at radius 1 is 1.35 bits per heavy atom. The summed E-state index contributed by atoms with van der Waals surface area (Å²) in [5.74, 6) is -1.27. The first kappa shape index (κ1) is 15.1. The molecule has 0 atom stereocenters. The Morgan fingerprint density at radius 3 is 2.83 bits per heavy atom. The molecule has 3 rings (SSSR count). The van der Waals surface area contributed by atoms with Crippen LogP contribution in [0.2, 0.25) is 0 Å². The fourth-order valence-corrected chi connectivity index (χ4v) is 2.99. The summed E-state index contributed by atoms with van der Waals surface area (Å²) in [6.07, 6.45) is 4.76. The molecule has 0 amide bonds. The minimum atomic E-state index is -1.03. The lowest BCUT2D eigenvalue weighted by Crippen LogP contribution is -1.94. The number of rotatable bonds is 4. The van der Waals surface area contributed by atoms with Gasteiger partial charge in [0.1, 0.15) is 4.88 Å². The highest BCUT2D eigenvalue weighted by Crippen LogP contribution is 2.18. The van der Waals surface area contributed by atoms with E-state index in [1.165, 1.54) is 12.1 Å². The Hall–Kier alpha value is -2.80. The molecule has 0 aliphatic carbocycles. The van der Waals surface area contributed by atoms with E-state index >= 15 is 0 Å². The summed E-state index contributed by atoms with van der Waals surface area (Å²) in [7, 11) is 1.83. The number of hydrogen-bond donors (Lipinski definition) is 1. The number of hydrogen-bond acceptors (Lipinski definition) is 5. The predicted octanol–water partition coefficient (Wildman–Crippen LogP) is 2.93. The Kier molecular flexibility index (Phi) is 3.79. The van der Waals surface area contributed by atoms with Crippen LogP contribution in [0.4, 0.5) is 0 Å². The van der Waals surface area contributed by atoms with E-state index in [2.05, 4.69) is 10.1 Å². The summed E-state index contributed by atoms with van der Waals surface area (Å²) in [4.78, 5) is 27.4. The van der Waals surface area contributed by atoms with Gasteiger partial charge in [-0.25, -0.2) is 9.78 Å². The lowest BCUT2D eigenvalue weighted by atomic mass is 10.1. The van der Waals surface area contributed by atoms with Gasteiger partial charge in [0.2, 0.25) is 0 Å². The van der Waals surface area contributed by atoms with E-state index in [-0.39, 0.29) is 10.7 Å². The first-order chi connectivity index (χ1) is 11.0. The Bertz CT molecular complexity index is 953. The molecule has 0 spiro atoms. The summed E-state index contributed by atoms with van der Waals surface area (Å²) >= 11 is 1.04. The van der Waals surface area contributed by atoms with Gasteiger partial charge in [0.15, 0.2) is 11.4 Å². The number of carbonyl (C=O) groups excluding carboxylic acids is 1. The van der Waals surface area contributed by atoms with Gasteiger partial charge < -0.3 is 5.11 Å². The van der Waals surface area contributed by atoms with Crippen molar-refractivity contribution in [3.8, 4) is 0 Å². The van der Waals surface area contributed by atoms with Gasteiger partial charge in [-0.3, -0.25) is 9.48 Å². The van der Waals surface area contributed by atoms with Gasteiger partial charge in [-0.15, -0.1) is 11.3 Å². The van der Waals surface area contributed by atoms with Gasteiger partial charge in [-0.2, -0.15) is 5.10 Å². The Balaban J connectivity index is 1.85. The van der Waals surface area contributed by atoms with Crippen molar-refractivity contribution < 1.29 is 14.7 Å². The lowest BCUT2D eigenvalue weighted by Gasteiger charge is -1.96. The van der Waals surface area contributed by atoms with E-state index in [0.29, 0.717) is 5.56 Å². The van der Waals surface area contributed by atoms with Gasteiger partial charge in [0, 0.05) is 29.6 Å². The number of aromatic carboxylic acids is 1. The molecule has 0 saturated carbocycles. The molecule has 6 nitrogen and oxygen atoms in total. The molecule has 0 aromatic carbocycles. The molecule has 0 fully saturated rings. The van der Waals surface area contributed by atoms with Crippen LogP contribution in [0.25, 0.3) is 17.1 Å². The third-order valence-corrected chi connectivity index (χ3v) is 4.32. The standard InChI is InChI=1S/C16H13N3O3S/c1-9-12-5-10(7-17-15(12)19(2)18-9)3-4-13(20)11-6-14(16(21)22)23-8-11/h3-8H,1-2H3,(H,21,22). The molecule has 0 radical (unpaired) electrons. The van der Waals surface area contributed by atoms with Crippen LogP contribution in [0.5, 0.6) is 0 Å². The van der Waals surface area contributed by atoms with Crippen molar-refractivity contribution in [3.05, 3.63) is 51.5 Å². The fourth-order valence-electron chi connectivity index (χ4n) is 2.26. The van der Waals surface area contributed by atoms with Crippen LogP contribution in [-0.2, 0) is 7.05 Å². The summed E-state index contributed by atoms with van der Waals surface area (Å²) in [6, 6.07) is 3.30. The number of nitrogens with zero attached hydrogens (tertiary/aromatic N) is 3. The average molecular weight is 327 g/mol. The summed E-state index contributed by atoms with van der Waals surface area (Å²) < 4.78 is 1.71. The number of ketones is 1. The number of thiophene rings is 1. The normalized spacial score (nSPS) is 11.4. The van der Waals surface area contributed by atoms with Gasteiger partial charge in [-0.1, -0.05) is 0 Å². The summed E-state index contributed by atoms with van der Waals surface area (Å²) in [6.45, 7) is 1.90. The van der Waals surface area contributed by atoms with Gasteiger partial charge >= 0.3 is 5.97 Å². The first-order valence-corrected chi connectivity index (χ1v) is 7.67. The van der Waals surface area contributed by atoms with E-state index in [1.807, 2.05) is 20.0 Å². The average Bonchev–Trinajstić information content (AvgIpc) is 3.11. The van der Waals surface area contributed by atoms with Crippen molar-refractivity contribution in [2.24, 2.45) is 7.05 Å². The minimum absolute atomic E-state index is 0.149. The number of carbonyl (C=O) groups is 2. The number of aryl methyl sites for hydroxylation is 2. The summed E-state index contributed by atoms with van der Waals surface area (Å²) in [5.41, 5.74) is 2.82. The highest BCUT2D eigenvalue weighted by molar-refractivity contribution is 7.12. The number of fused-ring (bicyclic) bond motifs is 1. The zero-order chi connectivity index (χ0) is 16.6. The van der Waals surface area contributed by atoms with Crippen LogP contribution in [0.1, 0.15) is 31.3 Å². The SMILES string of the molecule is Cc1nn(C)c2ncc(C=CC(=O)c3csc(C(=O)O)c3)cc12. The number of pyridine rings is 1. The van der Waals surface area contributed by atoms with Crippen molar-refractivity contribution in [2.45, 2.75) is 6.92 Å². The largest absolute Gasteiger partial charge is 0.477 e. The quantitative estimate of drug-likeness (QED) is 0.588. The van der Waals surface area contributed by atoms with Crippen LogP contribution in [-0.4, -0.2) is 31.6 Å². The number of allylic oxidation sites excluding steroid dienone is 1. The van der Waals surface area contributed by atoms with Crippen molar-refractivity contribution in [1.29, 1.82) is 0 Å². The highest BCUT2D eigenvalue weighted by Gasteiger charge is 2.11. The zero-order valence-electron chi connectivity index (χ0n) is 12.5. The first-order valence-electron chi connectivity index (χ1n) is 6.79. The van der Waals surface area contributed by atoms with Crippen LogP contribution >= 0.6 is 11.3 Å². The topological polar surface area (TPSA) is 85.1 Å². The number of aromatic nitrogens is 3. The molecule has 0 aliphatic rings. The van der Waals surface area contributed by atoms with Crippen molar-refractivity contribution in [2.75, 3.05) is 0 Å². The Labute approximate surface area is 135 Å². The third-order valence-electron chi connectivity index (χ3n) is 3.41. The van der Waals surface area contributed by atoms with Gasteiger partial charge in [-0.05, 0) is 36.8 Å². The van der Waals surface area contributed by atoms with Crippen LogP contribution in [0.15, 0.2) is 29.8 Å². The van der Waals surface area contributed by atoms with Crippen LogP contribution in [0, 0.1) is 6.92 Å². The van der Waals surface area contributed by atoms with Crippen molar-refractivity contribution in [1.82, 2.24) is 14.8 Å². The molecule has 3 aromatic rings. The molecule has 116 valence electrons. The number of carboxylic acids is 1. The molecule has 3 aromatic heterocycles. The number of carboxylic acid groups (broad SMARTS) is 1. The molecule has 3 heterocycles. The second kappa shape index (κ2) is 5.77. The molecule has 23 heavy (non-hydrogen) atoms. The van der Waals surface area contributed by atoms with E-state index in [0.717, 1.165) is 33.6 Å². The molecular weight excluding hydrogens is 314 g/mol. The van der Waals surface area contributed by atoms with E-state index in [9.17, 15) is 9.59 Å². The molecule has 0 aliphatic heterocycles. The maximum absolute atomic E-state index is 12.1. The summed E-state index contributed by atoms with van der Waals surface area (Å²) in [5, 5.41) is 15.7. The fraction of sp³-hybridized carbons (Fsp3) is 0.125. The lowest BCUT2D eigenvalue weighted by molar-refractivity contribution is 0.0702. The van der Waals surface area contributed by atoms with Crippen LogP contribution in [0.3, 0.4) is 0 Å². The van der Waals surface area contributed by atoms with Crippen LogP contribution < -0.4 is 0 Å². The molecule has 0 saturated heterocycles. The smallest absolute Gasteiger partial charge is 0.345 e. The highest BCUT2D eigenvalue weighted by atomic mass is 32.1. The third kappa shape index (κ3) is 2.91. The minimum Gasteiger partial charge on any atom is -0.477 e. The molecule has 1 N–H and O–H groups in total. The van der Waals surface area contributed by atoms with Gasteiger partial charge in [0.25, 0.3) is 0 Å². The predicted molar refractivity (Wildman–Crippen MR) is 87.9 cm³/mol. The van der Waals surface area contributed by atoms with Crippen molar-refractivity contribution >= 4 is 40.2 Å². The maximum Gasteiger partial charge on any atom is 0.345 e. The molecule has 7 heteroatoms.